The molecular weight excluding hydrogens is 426 g/mol. The number of nitrogens with zero attached hydrogens (tertiary/aromatic N) is 2. The fraction of sp³-hybridized carbons (Fsp3) is 0.158. The summed E-state index contributed by atoms with van der Waals surface area (Å²) in [5.41, 5.74) is -0.716. The van der Waals surface area contributed by atoms with Gasteiger partial charge in [0.2, 0.25) is 0 Å². The molecule has 0 atom stereocenters. The Balaban J connectivity index is 2.14. The first-order valence-electron chi connectivity index (χ1n) is 8.44. The van der Waals surface area contributed by atoms with Crippen LogP contribution in [0.4, 0.5) is 28.9 Å². The van der Waals surface area contributed by atoms with E-state index in [0.29, 0.717) is 5.56 Å². The Morgan fingerprint density at radius 1 is 1.10 bits per heavy atom. The fourth-order valence-corrected chi connectivity index (χ4v) is 3.33. The Morgan fingerprint density at radius 3 is 2.33 bits per heavy atom. The van der Waals surface area contributed by atoms with Gasteiger partial charge in [-0.05, 0) is 35.9 Å². The normalized spacial score (nSPS) is 12.0. The van der Waals surface area contributed by atoms with Gasteiger partial charge in [0.25, 0.3) is 5.56 Å². The van der Waals surface area contributed by atoms with Gasteiger partial charge < -0.3 is 5.32 Å². The van der Waals surface area contributed by atoms with Gasteiger partial charge in [0.05, 0.1) is 11.1 Å². The second-order valence-corrected chi connectivity index (χ2v) is 8.46. The van der Waals surface area contributed by atoms with Crippen molar-refractivity contribution in [2.24, 2.45) is 0 Å². The second kappa shape index (κ2) is 7.90. The number of hydrogen-bond donors (Lipinski definition) is 1. The highest BCUT2D eigenvalue weighted by Crippen LogP contribution is 2.28. The van der Waals surface area contributed by atoms with E-state index in [1.54, 1.807) is 0 Å². The Bertz CT molecular complexity index is 1240. The Morgan fingerprint density at radius 2 is 1.77 bits per heavy atom. The number of aromatic nitrogens is 2. The van der Waals surface area contributed by atoms with Crippen molar-refractivity contribution in [1.82, 2.24) is 9.78 Å². The molecule has 30 heavy (non-hydrogen) atoms. The molecule has 0 fully saturated rings. The maximum Gasteiger partial charge on any atom is 0.408 e. The summed E-state index contributed by atoms with van der Waals surface area (Å²) in [5, 5.41) is 6.24. The van der Waals surface area contributed by atoms with E-state index in [9.17, 15) is 30.8 Å². The minimum Gasteiger partial charge on any atom is -0.350 e. The van der Waals surface area contributed by atoms with Gasteiger partial charge in [-0.15, -0.1) is 0 Å². The molecule has 3 rings (SSSR count). The van der Waals surface area contributed by atoms with Gasteiger partial charge in [-0.3, -0.25) is 4.79 Å². The summed E-state index contributed by atoms with van der Waals surface area (Å²) in [4.78, 5) is 12.7. The number of sulfone groups is 1. The fourth-order valence-electron chi connectivity index (χ4n) is 2.70. The SMILES string of the molecule is CS(=O)(=O)c1ccc(-c2cnn(CC(F)(F)F)c(=O)c2Nc2cccc(F)c2)cc1. The number of alkyl halides is 3. The van der Waals surface area contributed by atoms with Crippen molar-refractivity contribution in [3.8, 4) is 11.1 Å². The van der Waals surface area contributed by atoms with Crippen LogP contribution in [0.2, 0.25) is 0 Å². The van der Waals surface area contributed by atoms with E-state index in [-0.39, 0.29) is 26.5 Å². The van der Waals surface area contributed by atoms with E-state index in [1.807, 2.05) is 0 Å². The smallest absolute Gasteiger partial charge is 0.350 e. The number of halogens is 4. The molecule has 6 nitrogen and oxygen atoms in total. The Kier molecular flexibility index (Phi) is 5.66. The molecule has 2 aromatic carbocycles. The maximum absolute atomic E-state index is 13.5. The number of rotatable bonds is 5. The van der Waals surface area contributed by atoms with Gasteiger partial charge in [0, 0.05) is 17.5 Å². The van der Waals surface area contributed by atoms with Crippen molar-refractivity contribution in [2.45, 2.75) is 17.6 Å². The molecule has 0 aliphatic carbocycles. The van der Waals surface area contributed by atoms with Gasteiger partial charge in [-0.1, -0.05) is 18.2 Å². The van der Waals surface area contributed by atoms with Crippen molar-refractivity contribution in [1.29, 1.82) is 0 Å². The third kappa shape index (κ3) is 5.03. The molecule has 0 saturated carbocycles. The van der Waals surface area contributed by atoms with E-state index >= 15 is 0 Å². The molecule has 11 heteroatoms. The number of nitrogens with one attached hydrogen (secondary N) is 1. The van der Waals surface area contributed by atoms with Gasteiger partial charge >= 0.3 is 6.18 Å². The highest BCUT2D eigenvalue weighted by Gasteiger charge is 2.30. The molecule has 0 aliphatic heterocycles. The Hall–Kier alpha value is -3.21. The van der Waals surface area contributed by atoms with Crippen LogP contribution in [0.5, 0.6) is 0 Å². The van der Waals surface area contributed by atoms with Gasteiger partial charge in [-0.2, -0.15) is 18.3 Å². The lowest BCUT2D eigenvalue weighted by Crippen LogP contribution is -2.31. The van der Waals surface area contributed by atoms with Crippen LogP contribution in [0.1, 0.15) is 0 Å². The van der Waals surface area contributed by atoms with Crippen LogP contribution in [0.3, 0.4) is 0 Å². The topological polar surface area (TPSA) is 81.1 Å². The maximum atomic E-state index is 13.5. The van der Waals surface area contributed by atoms with E-state index in [4.69, 9.17) is 0 Å². The monoisotopic (exact) mass is 441 g/mol. The van der Waals surface area contributed by atoms with Gasteiger partial charge in [0.15, 0.2) is 9.84 Å². The number of benzene rings is 2. The summed E-state index contributed by atoms with van der Waals surface area (Å²) >= 11 is 0. The first-order valence-corrected chi connectivity index (χ1v) is 10.3. The van der Waals surface area contributed by atoms with Crippen LogP contribution in [0.25, 0.3) is 11.1 Å². The zero-order valence-electron chi connectivity index (χ0n) is 15.4. The molecule has 1 aromatic heterocycles. The van der Waals surface area contributed by atoms with Crippen LogP contribution < -0.4 is 10.9 Å². The summed E-state index contributed by atoms with van der Waals surface area (Å²) in [5.74, 6) is -0.608. The largest absolute Gasteiger partial charge is 0.408 e. The zero-order valence-corrected chi connectivity index (χ0v) is 16.3. The average Bonchev–Trinajstić information content (AvgIpc) is 2.64. The molecule has 158 valence electrons. The highest BCUT2D eigenvalue weighted by atomic mass is 32.2. The van der Waals surface area contributed by atoms with E-state index in [0.717, 1.165) is 18.5 Å². The third-order valence-electron chi connectivity index (χ3n) is 4.06. The van der Waals surface area contributed by atoms with E-state index in [2.05, 4.69) is 10.4 Å². The zero-order chi connectivity index (χ0) is 22.1. The molecule has 0 unspecified atom stereocenters. The summed E-state index contributed by atoms with van der Waals surface area (Å²) in [6.07, 6.45) is -2.59. The predicted octanol–water partition coefficient (Wildman–Crippen LogP) is 3.76. The van der Waals surface area contributed by atoms with E-state index in [1.165, 1.54) is 42.5 Å². The summed E-state index contributed by atoms with van der Waals surface area (Å²) < 4.78 is 75.4. The quantitative estimate of drug-likeness (QED) is 0.610. The molecule has 1 N–H and O–H groups in total. The third-order valence-corrected chi connectivity index (χ3v) is 5.19. The number of hydrogen-bond acceptors (Lipinski definition) is 5. The molecular formula is C19H15F4N3O3S. The van der Waals surface area contributed by atoms with Crippen molar-refractivity contribution in [2.75, 3.05) is 11.6 Å². The Labute approximate surface area is 168 Å². The lowest BCUT2D eigenvalue weighted by atomic mass is 10.1. The van der Waals surface area contributed by atoms with Crippen LogP contribution in [0.15, 0.2) is 64.4 Å². The van der Waals surface area contributed by atoms with Gasteiger partial charge in [-0.25, -0.2) is 17.5 Å². The minimum atomic E-state index is -4.67. The standard InChI is InChI=1S/C19H15F4N3O3S/c1-30(28,29)15-7-5-12(6-8-15)16-10-24-26(11-19(21,22)23)18(27)17(16)25-14-4-2-3-13(20)9-14/h2-10,25H,11H2,1H3. The van der Waals surface area contributed by atoms with Crippen molar-refractivity contribution >= 4 is 21.2 Å². The lowest BCUT2D eigenvalue weighted by Gasteiger charge is -2.15. The highest BCUT2D eigenvalue weighted by molar-refractivity contribution is 7.90. The second-order valence-electron chi connectivity index (χ2n) is 6.44. The number of anilines is 2. The molecule has 0 saturated heterocycles. The molecule has 0 aliphatic rings. The lowest BCUT2D eigenvalue weighted by molar-refractivity contribution is -0.143. The van der Waals surface area contributed by atoms with Crippen LogP contribution >= 0.6 is 0 Å². The summed E-state index contributed by atoms with van der Waals surface area (Å²) in [6, 6.07) is 10.5. The van der Waals surface area contributed by atoms with Crippen LogP contribution in [-0.2, 0) is 16.4 Å². The minimum absolute atomic E-state index is 0.0317. The van der Waals surface area contributed by atoms with Crippen molar-refractivity contribution < 1.29 is 26.0 Å². The van der Waals surface area contributed by atoms with Crippen molar-refractivity contribution in [3.63, 3.8) is 0 Å². The van der Waals surface area contributed by atoms with Gasteiger partial charge in [0.1, 0.15) is 18.0 Å². The first kappa shape index (κ1) is 21.5. The molecule has 0 amide bonds. The summed E-state index contributed by atoms with van der Waals surface area (Å²) in [6.45, 7) is -1.60. The summed E-state index contributed by atoms with van der Waals surface area (Å²) in [7, 11) is -3.46. The predicted molar refractivity (Wildman–Crippen MR) is 103 cm³/mol. The van der Waals surface area contributed by atoms with Crippen LogP contribution in [0, 0.1) is 5.82 Å². The molecule has 0 spiro atoms. The van der Waals surface area contributed by atoms with Crippen LogP contribution in [-0.4, -0.2) is 30.6 Å². The van der Waals surface area contributed by atoms with E-state index < -0.39 is 33.9 Å². The molecule has 1 heterocycles. The van der Waals surface area contributed by atoms with Crippen molar-refractivity contribution in [3.05, 3.63) is 70.9 Å². The molecule has 0 radical (unpaired) electrons. The molecule has 0 bridgehead atoms. The average molecular weight is 441 g/mol. The first-order chi connectivity index (χ1) is 13.9. The molecule has 3 aromatic rings.